The standard InChI is InChI=1S/C21H19Cl2N3O2/c1-13-8-16(14(2)26(13)19-10-17(22)9-18(23)11-19)12-24-25-21(27)15-4-6-20(28-3)7-5-15/h4-12H,1-3H3,(H,25,27)/b24-12-. The molecule has 0 aliphatic heterocycles. The SMILES string of the molecule is COc1ccc(C(=O)N/N=C\c2cc(C)n(-c3cc(Cl)cc(Cl)c3)c2C)cc1. The molecule has 144 valence electrons. The summed E-state index contributed by atoms with van der Waals surface area (Å²) < 4.78 is 7.12. The zero-order valence-corrected chi connectivity index (χ0v) is 17.2. The quantitative estimate of drug-likeness (QED) is 0.461. The normalized spacial score (nSPS) is 11.0. The van der Waals surface area contributed by atoms with Crippen LogP contribution in [-0.4, -0.2) is 23.8 Å². The zero-order valence-electron chi connectivity index (χ0n) is 15.7. The Balaban J connectivity index is 1.78. The summed E-state index contributed by atoms with van der Waals surface area (Å²) in [5.74, 6) is 0.392. The van der Waals surface area contributed by atoms with Gasteiger partial charge in [-0.3, -0.25) is 4.79 Å². The molecule has 7 heteroatoms. The van der Waals surface area contributed by atoms with E-state index in [1.54, 1.807) is 43.7 Å². The molecule has 3 aromatic rings. The lowest BCUT2D eigenvalue weighted by molar-refractivity contribution is 0.0955. The molecule has 1 heterocycles. The Kier molecular flexibility index (Phi) is 6.07. The second-order valence-corrected chi connectivity index (χ2v) is 7.09. The summed E-state index contributed by atoms with van der Waals surface area (Å²) in [6.45, 7) is 3.95. The van der Waals surface area contributed by atoms with E-state index in [0.29, 0.717) is 21.4 Å². The van der Waals surface area contributed by atoms with Gasteiger partial charge in [-0.1, -0.05) is 23.2 Å². The number of carbonyl (C=O) groups excluding carboxylic acids is 1. The number of methoxy groups -OCH3 is 1. The van der Waals surface area contributed by atoms with Gasteiger partial charge in [0.25, 0.3) is 5.91 Å². The number of carbonyl (C=O) groups is 1. The summed E-state index contributed by atoms with van der Waals surface area (Å²) in [5.41, 5.74) is 6.74. The Hall–Kier alpha value is -2.76. The van der Waals surface area contributed by atoms with Gasteiger partial charge in [-0.05, 0) is 62.4 Å². The first-order chi connectivity index (χ1) is 13.4. The molecule has 0 saturated heterocycles. The average Bonchev–Trinajstić information content (AvgIpc) is 2.94. The van der Waals surface area contributed by atoms with E-state index < -0.39 is 0 Å². The Morgan fingerprint density at radius 1 is 1.07 bits per heavy atom. The molecule has 1 aromatic heterocycles. The molecule has 0 unspecified atom stereocenters. The lowest BCUT2D eigenvalue weighted by Gasteiger charge is -2.10. The number of aromatic nitrogens is 1. The van der Waals surface area contributed by atoms with E-state index in [9.17, 15) is 4.79 Å². The van der Waals surface area contributed by atoms with E-state index in [1.807, 2.05) is 36.6 Å². The average molecular weight is 416 g/mol. The molecule has 0 aliphatic rings. The molecule has 3 rings (SSSR count). The third-order valence-electron chi connectivity index (χ3n) is 4.30. The van der Waals surface area contributed by atoms with E-state index >= 15 is 0 Å². The molecular weight excluding hydrogens is 397 g/mol. The summed E-state index contributed by atoms with van der Waals surface area (Å²) in [6, 6.07) is 14.2. The van der Waals surface area contributed by atoms with E-state index in [2.05, 4.69) is 10.5 Å². The topological polar surface area (TPSA) is 55.6 Å². The first-order valence-corrected chi connectivity index (χ1v) is 9.27. The van der Waals surface area contributed by atoms with Gasteiger partial charge in [0.1, 0.15) is 5.75 Å². The van der Waals surface area contributed by atoms with Crippen LogP contribution in [0.15, 0.2) is 53.6 Å². The van der Waals surface area contributed by atoms with Crippen molar-refractivity contribution in [2.24, 2.45) is 5.10 Å². The molecular formula is C21H19Cl2N3O2. The highest BCUT2D eigenvalue weighted by Crippen LogP contribution is 2.26. The van der Waals surface area contributed by atoms with Crippen LogP contribution in [-0.2, 0) is 0 Å². The van der Waals surface area contributed by atoms with Crippen molar-refractivity contribution in [1.82, 2.24) is 9.99 Å². The highest BCUT2D eigenvalue weighted by atomic mass is 35.5. The molecule has 28 heavy (non-hydrogen) atoms. The molecule has 0 spiro atoms. The Labute approximate surface area is 173 Å². The van der Waals surface area contributed by atoms with Crippen LogP contribution < -0.4 is 10.2 Å². The number of rotatable bonds is 5. The summed E-state index contributed by atoms with van der Waals surface area (Å²) in [5, 5.41) is 5.22. The zero-order chi connectivity index (χ0) is 20.3. The van der Waals surface area contributed by atoms with Crippen molar-refractivity contribution in [2.75, 3.05) is 7.11 Å². The number of hydrogen-bond acceptors (Lipinski definition) is 3. The minimum atomic E-state index is -0.297. The molecule has 0 radical (unpaired) electrons. The number of aryl methyl sites for hydroxylation is 1. The van der Waals surface area contributed by atoms with Gasteiger partial charge in [-0.25, -0.2) is 5.43 Å². The number of benzene rings is 2. The lowest BCUT2D eigenvalue weighted by atomic mass is 10.2. The highest BCUT2D eigenvalue weighted by molar-refractivity contribution is 6.34. The number of nitrogens with zero attached hydrogens (tertiary/aromatic N) is 2. The van der Waals surface area contributed by atoms with Crippen LogP contribution in [0.5, 0.6) is 5.75 Å². The maximum atomic E-state index is 12.2. The largest absolute Gasteiger partial charge is 0.497 e. The summed E-state index contributed by atoms with van der Waals surface area (Å²) in [4.78, 5) is 12.2. The fourth-order valence-electron chi connectivity index (χ4n) is 2.95. The van der Waals surface area contributed by atoms with Crippen molar-refractivity contribution in [3.8, 4) is 11.4 Å². The van der Waals surface area contributed by atoms with Crippen LogP contribution in [0.1, 0.15) is 27.3 Å². The summed E-state index contributed by atoms with van der Waals surface area (Å²) in [6.07, 6.45) is 1.62. The molecule has 1 amide bonds. The number of nitrogens with one attached hydrogen (secondary N) is 1. The lowest BCUT2D eigenvalue weighted by Crippen LogP contribution is -2.17. The van der Waals surface area contributed by atoms with E-state index in [4.69, 9.17) is 27.9 Å². The number of ether oxygens (including phenoxy) is 1. The first-order valence-electron chi connectivity index (χ1n) is 8.52. The second kappa shape index (κ2) is 8.50. The smallest absolute Gasteiger partial charge is 0.271 e. The molecule has 0 saturated carbocycles. The molecule has 0 atom stereocenters. The predicted molar refractivity (Wildman–Crippen MR) is 113 cm³/mol. The number of hydrazone groups is 1. The van der Waals surface area contributed by atoms with Gasteiger partial charge in [-0.15, -0.1) is 0 Å². The van der Waals surface area contributed by atoms with Gasteiger partial charge in [0.2, 0.25) is 0 Å². The van der Waals surface area contributed by atoms with Gasteiger partial charge in [0.15, 0.2) is 0 Å². The highest BCUT2D eigenvalue weighted by Gasteiger charge is 2.11. The van der Waals surface area contributed by atoms with E-state index in [1.165, 1.54) is 0 Å². The van der Waals surface area contributed by atoms with Crippen LogP contribution >= 0.6 is 23.2 Å². The third-order valence-corrected chi connectivity index (χ3v) is 4.73. The van der Waals surface area contributed by atoms with Crippen LogP contribution in [0.25, 0.3) is 5.69 Å². The van der Waals surface area contributed by atoms with Crippen molar-refractivity contribution >= 4 is 35.3 Å². The Morgan fingerprint density at radius 3 is 2.32 bits per heavy atom. The van der Waals surface area contributed by atoms with Gasteiger partial charge in [0, 0.05) is 38.2 Å². The van der Waals surface area contributed by atoms with E-state index in [0.717, 1.165) is 22.6 Å². The minimum absolute atomic E-state index is 0.297. The van der Waals surface area contributed by atoms with Gasteiger partial charge < -0.3 is 9.30 Å². The van der Waals surface area contributed by atoms with Crippen LogP contribution in [0.3, 0.4) is 0 Å². The van der Waals surface area contributed by atoms with Crippen molar-refractivity contribution in [3.05, 3.63) is 81.1 Å². The van der Waals surface area contributed by atoms with Crippen LogP contribution in [0.4, 0.5) is 0 Å². The molecule has 0 fully saturated rings. The van der Waals surface area contributed by atoms with Crippen molar-refractivity contribution < 1.29 is 9.53 Å². The Bertz CT molecular complexity index is 1020. The second-order valence-electron chi connectivity index (χ2n) is 6.22. The molecule has 0 aliphatic carbocycles. The maximum absolute atomic E-state index is 12.2. The molecule has 5 nitrogen and oxygen atoms in total. The number of hydrogen-bond donors (Lipinski definition) is 1. The number of halogens is 2. The Morgan fingerprint density at radius 2 is 1.71 bits per heavy atom. The van der Waals surface area contributed by atoms with Crippen LogP contribution in [0, 0.1) is 13.8 Å². The van der Waals surface area contributed by atoms with Gasteiger partial charge in [-0.2, -0.15) is 5.10 Å². The fraction of sp³-hybridized carbons (Fsp3) is 0.143. The van der Waals surface area contributed by atoms with Gasteiger partial charge >= 0.3 is 0 Å². The minimum Gasteiger partial charge on any atom is -0.497 e. The molecule has 0 bridgehead atoms. The number of amides is 1. The summed E-state index contributed by atoms with van der Waals surface area (Å²) >= 11 is 12.3. The van der Waals surface area contributed by atoms with E-state index in [-0.39, 0.29) is 5.91 Å². The molecule has 2 aromatic carbocycles. The molecule has 1 N–H and O–H groups in total. The van der Waals surface area contributed by atoms with Crippen molar-refractivity contribution in [1.29, 1.82) is 0 Å². The maximum Gasteiger partial charge on any atom is 0.271 e. The van der Waals surface area contributed by atoms with Gasteiger partial charge in [0.05, 0.1) is 13.3 Å². The van der Waals surface area contributed by atoms with Crippen LogP contribution in [0.2, 0.25) is 10.0 Å². The third kappa shape index (κ3) is 4.38. The monoisotopic (exact) mass is 415 g/mol. The predicted octanol–water partition coefficient (Wildman–Crippen LogP) is 5.17. The van der Waals surface area contributed by atoms with Crippen molar-refractivity contribution in [2.45, 2.75) is 13.8 Å². The van der Waals surface area contributed by atoms with Crippen molar-refractivity contribution in [3.63, 3.8) is 0 Å². The fourth-order valence-corrected chi connectivity index (χ4v) is 3.47. The summed E-state index contributed by atoms with van der Waals surface area (Å²) in [7, 11) is 1.58. The first kappa shape index (κ1) is 20.0.